The molecular formula is C29H27BrN8O2. The number of aromatic nitrogens is 6. The number of hydrogen-bond donors (Lipinski definition) is 1. The molecule has 0 atom stereocenters. The first kappa shape index (κ1) is 26.1. The zero-order chi connectivity index (χ0) is 27.8. The van der Waals surface area contributed by atoms with E-state index in [1.54, 1.807) is 28.5 Å². The van der Waals surface area contributed by atoms with E-state index in [0.29, 0.717) is 42.8 Å². The molecule has 1 fully saturated rings. The summed E-state index contributed by atoms with van der Waals surface area (Å²) >= 11 is 3.65. The van der Waals surface area contributed by atoms with Gasteiger partial charge in [-0.15, -0.1) is 10.2 Å². The number of ether oxygens (including phenoxy) is 1. The van der Waals surface area contributed by atoms with Crippen molar-refractivity contribution in [3.8, 4) is 34.4 Å². The van der Waals surface area contributed by atoms with Crippen molar-refractivity contribution in [2.45, 2.75) is 25.3 Å². The van der Waals surface area contributed by atoms with E-state index in [-0.39, 0.29) is 5.69 Å². The number of imidazole rings is 1. The van der Waals surface area contributed by atoms with Gasteiger partial charge >= 0.3 is 5.69 Å². The van der Waals surface area contributed by atoms with Crippen molar-refractivity contribution >= 4 is 21.4 Å². The normalized spacial score (nSPS) is 13.2. The minimum atomic E-state index is -0.200. The predicted molar refractivity (Wildman–Crippen MR) is 154 cm³/mol. The molecule has 6 rings (SSSR count). The Morgan fingerprint density at radius 3 is 2.75 bits per heavy atom. The summed E-state index contributed by atoms with van der Waals surface area (Å²) in [5.41, 5.74) is 5.60. The highest BCUT2D eigenvalue weighted by molar-refractivity contribution is 9.10. The summed E-state index contributed by atoms with van der Waals surface area (Å²) in [5, 5.41) is 21.2. The van der Waals surface area contributed by atoms with Crippen LogP contribution in [0.25, 0.3) is 33.8 Å². The number of nitriles is 1. The van der Waals surface area contributed by atoms with Gasteiger partial charge in [0.15, 0.2) is 5.82 Å². The first-order valence-electron chi connectivity index (χ1n) is 13.0. The van der Waals surface area contributed by atoms with Gasteiger partial charge in [-0.25, -0.2) is 9.78 Å². The van der Waals surface area contributed by atoms with Crippen molar-refractivity contribution < 1.29 is 4.74 Å². The molecule has 0 bridgehead atoms. The van der Waals surface area contributed by atoms with Crippen molar-refractivity contribution in [1.82, 2.24) is 34.0 Å². The van der Waals surface area contributed by atoms with Gasteiger partial charge in [0.05, 0.1) is 23.8 Å². The number of fused-ring (bicyclic) bond motifs is 1. The summed E-state index contributed by atoms with van der Waals surface area (Å²) in [7, 11) is 3.54. The van der Waals surface area contributed by atoms with Gasteiger partial charge in [0, 0.05) is 61.3 Å². The highest BCUT2D eigenvalue weighted by Crippen LogP contribution is 2.42. The molecule has 0 spiro atoms. The van der Waals surface area contributed by atoms with Crippen molar-refractivity contribution in [1.29, 1.82) is 5.26 Å². The van der Waals surface area contributed by atoms with E-state index >= 15 is 0 Å². The summed E-state index contributed by atoms with van der Waals surface area (Å²) in [6.07, 6.45) is 7.45. The van der Waals surface area contributed by atoms with Gasteiger partial charge in [0.2, 0.25) is 0 Å². The molecule has 1 aliphatic carbocycles. The second-order valence-corrected chi connectivity index (χ2v) is 10.8. The zero-order valence-electron chi connectivity index (χ0n) is 22.1. The molecule has 0 saturated heterocycles. The molecule has 0 amide bonds. The Labute approximate surface area is 239 Å². The van der Waals surface area contributed by atoms with E-state index in [9.17, 15) is 10.1 Å². The SMILES string of the molecule is COCCNCc1cc(Br)c2cn(-c3cc(-c4ccc(C#N)cc4-c4nncn4C)cc(C4CC4)n3)c(=O)n2c1. The largest absolute Gasteiger partial charge is 0.383 e. The average Bonchev–Trinajstić information content (AvgIpc) is 3.65. The van der Waals surface area contributed by atoms with Crippen LogP contribution in [0, 0.1) is 11.3 Å². The topological polar surface area (TPSA) is 115 Å². The summed E-state index contributed by atoms with van der Waals surface area (Å²) in [6.45, 7) is 1.94. The highest BCUT2D eigenvalue weighted by atomic mass is 79.9. The lowest BCUT2D eigenvalue weighted by molar-refractivity contribution is 0.199. The molecule has 10 nitrogen and oxygen atoms in total. The van der Waals surface area contributed by atoms with Crippen LogP contribution in [0.15, 0.2) is 64.4 Å². The fourth-order valence-electron chi connectivity index (χ4n) is 4.85. The third kappa shape index (κ3) is 4.97. The summed E-state index contributed by atoms with van der Waals surface area (Å²) in [6, 6.07) is 13.8. The molecule has 202 valence electrons. The number of benzene rings is 1. The van der Waals surface area contributed by atoms with Crippen molar-refractivity contribution in [3.63, 3.8) is 0 Å². The number of methoxy groups -OCH3 is 1. The molecule has 0 unspecified atom stereocenters. The number of nitrogens with zero attached hydrogens (tertiary/aromatic N) is 7. The van der Waals surface area contributed by atoms with E-state index in [2.05, 4.69) is 43.6 Å². The third-order valence-corrected chi connectivity index (χ3v) is 7.71. The predicted octanol–water partition coefficient (Wildman–Crippen LogP) is 4.20. The van der Waals surface area contributed by atoms with Gasteiger partial charge < -0.3 is 14.6 Å². The van der Waals surface area contributed by atoms with Crippen LogP contribution in [0.4, 0.5) is 0 Å². The Hall–Kier alpha value is -4.11. The maximum atomic E-state index is 13.7. The molecule has 40 heavy (non-hydrogen) atoms. The maximum absolute atomic E-state index is 13.7. The summed E-state index contributed by atoms with van der Waals surface area (Å²) < 4.78 is 11.0. The molecule has 1 saturated carbocycles. The fraction of sp³-hybridized carbons (Fsp3) is 0.276. The molecule has 0 radical (unpaired) electrons. The molecule has 11 heteroatoms. The van der Waals surface area contributed by atoms with Crippen LogP contribution >= 0.6 is 15.9 Å². The van der Waals surface area contributed by atoms with E-state index in [1.807, 2.05) is 48.3 Å². The monoisotopic (exact) mass is 598 g/mol. The van der Waals surface area contributed by atoms with Crippen molar-refractivity contribution in [3.05, 3.63) is 86.9 Å². The average molecular weight is 599 g/mol. The lowest BCUT2D eigenvalue weighted by Gasteiger charge is -2.13. The Bertz CT molecular complexity index is 1830. The van der Waals surface area contributed by atoms with E-state index in [4.69, 9.17) is 9.72 Å². The van der Waals surface area contributed by atoms with E-state index in [1.165, 1.54) is 0 Å². The standard InChI is InChI=1S/C29H27BrN8O2/c1-36-17-33-35-28(36)23-9-18(13-31)3-6-22(23)21-11-25(20-4-5-20)34-27(12-21)38-16-26-24(30)10-19(14-32-7-8-40-2)15-37(26)29(38)39/h3,6,9-12,15-17,20,32H,4-5,7-8,14H2,1-2H3. The van der Waals surface area contributed by atoms with Crippen LogP contribution in [-0.4, -0.2) is 49.0 Å². The second kappa shape index (κ2) is 10.8. The smallest absolute Gasteiger partial charge is 0.338 e. The molecule has 1 aromatic carbocycles. The first-order valence-corrected chi connectivity index (χ1v) is 13.8. The summed E-state index contributed by atoms with van der Waals surface area (Å²) in [5.74, 6) is 1.56. The van der Waals surface area contributed by atoms with Gasteiger partial charge in [-0.3, -0.25) is 8.97 Å². The highest BCUT2D eigenvalue weighted by Gasteiger charge is 2.27. The van der Waals surface area contributed by atoms with Gasteiger partial charge in [0.25, 0.3) is 0 Å². The molecule has 1 aliphatic rings. The van der Waals surface area contributed by atoms with Gasteiger partial charge in [-0.05, 0) is 75.8 Å². The Balaban J connectivity index is 1.48. The molecule has 4 heterocycles. The minimum absolute atomic E-state index is 0.200. The Morgan fingerprint density at radius 1 is 1.18 bits per heavy atom. The van der Waals surface area contributed by atoms with Crippen molar-refractivity contribution in [2.24, 2.45) is 7.05 Å². The van der Waals surface area contributed by atoms with Crippen LogP contribution in [0.2, 0.25) is 0 Å². The number of halogens is 1. The number of aryl methyl sites for hydroxylation is 1. The Kier molecular flexibility index (Phi) is 7.06. The molecule has 1 N–H and O–H groups in total. The van der Waals surface area contributed by atoms with Crippen LogP contribution < -0.4 is 11.0 Å². The zero-order valence-corrected chi connectivity index (χ0v) is 23.7. The molecular weight excluding hydrogens is 572 g/mol. The first-order chi connectivity index (χ1) is 19.5. The van der Waals surface area contributed by atoms with Crippen molar-refractivity contribution in [2.75, 3.05) is 20.3 Å². The van der Waals surface area contributed by atoms with E-state index in [0.717, 1.165) is 50.8 Å². The summed E-state index contributed by atoms with van der Waals surface area (Å²) in [4.78, 5) is 18.6. The number of hydrogen-bond acceptors (Lipinski definition) is 7. The molecule has 0 aliphatic heterocycles. The van der Waals surface area contributed by atoms with Crippen LogP contribution in [-0.2, 0) is 18.3 Å². The maximum Gasteiger partial charge on any atom is 0.338 e. The van der Waals surface area contributed by atoms with Crippen LogP contribution in [0.5, 0.6) is 0 Å². The third-order valence-electron chi connectivity index (χ3n) is 7.07. The Morgan fingerprint density at radius 2 is 2.02 bits per heavy atom. The fourth-order valence-corrected chi connectivity index (χ4v) is 5.44. The molecule has 4 aromatic heterocycles. The van der Waals surface area contributed by atoms with Crippen LogP contribution in [0.3, 0.4) is 0 Å². The second-order valence-electron chi connectivity index (χ2n) is 9.95. The quantitative estimate of drug-likeness (QED) is 0.253. The minimum Gasteiger partial charge on any atom is -0.383 e. The van der Waals surface area contributed by atoms with Gasteiger partial charge in [-0.1, -0.05) is 6.07 Å². The lowest BCUT2D eigenvalue weighted by atomic mass is 9.96. The van der Waals surface area contributed by atoms with E-state index < -0.39 is 0 Å². The molecule has 5 aromatic rings. The number of rotatable bonds is 9. The van der Waals surface area contributed by atoms with Gasteiger partial charge in [0.1, 0.15) is 12.1 Å². The number of pyridine rings is 2. The van der Waals surface area contributed by atoms with Gasteiger partial charge in [-0.2, -0.15) is 5.26 Å². The lowest BCUT2D eigenvalue weighted by Crippen LogP contribution is -2.21. The van der Waals surface area contributed by atoms with Crippen LogP contribution in [0.1, 0.15) is 35.6 Å². The number of nitrogens with one attached hydrogen (secondary N) is 1.